The minimum absolute atomic E-state index is 0.00190. The Bertz CT molecular complexity index is 598. The monoisotopic (exact) mass is 332 g/mol. The number of benzene rings is 1. The van der Waals surface area contributed by atoms with E-state index in [9.17, 15) is 4.79 Å². The maximum Gasteiger partial charge on any atom is 0.226 e. The highest BCUT2D eigenvalue weighted by Crippen LogP contribution is 2.15. The zero-order valence-electron chi connectivity index (χ0n) is 13.5. The van der Waals surface area contributed by atoms with Crippen LogP contribution in [0.15, 0.2) is 35.7 Å². The molecule has 4 nitrogen and oxygen atoms in total. The zero-order valence-corrected chi connectivity index (χ0v) is 14.3. The van der Waals surface area contributed by atoms with E-state index in [-0.39, 0.29) is 12.5 Å². The summed E-state index contributed by atoms with van der Waals surface area (Å²) in [5, 5.41) is 14.9. The molecular formula is C18H24N2O2S. The van der Waals surface area contributed by atoms with Crippen LogP contribution in [0.2, 0.25) is 0 Å². The molecule has 1 heterocycles. The van der Waals surface area contributed by atoms with Gasteiger partial charge >= 0.3 is 0 Å². The summed E-state index contributed by atoms with van der Waals surface area (Å²) in [5.41, 5.74) is 2.06. The maximum absolute atomic E-state index is 12.0. The van der Waals surface area contributed by atoms with Crippen molar-refractivity contribution in [1.82, 2.24) is 10.3 Å². The molecule has 0 radical (unpaired) electrons. The predicted molar refractivity (Wildman–Crippen MR) is 93.6 cm³/mol. The fourth-order valence-corrected chi connectivity index (χ4v) is 3.23. The predicted octanol–water partition coefficient (Wildman–Crippen LogP) is 2.80. The second kappa shape index (κ2) is 9.43. The minimum atomic E-state index is -0.00190. The van der Waals surface area contributed by atoms with Crippen molar-refractivity contribution in [2.45, 2.75) is 32.6 Å². The van der Waals surface area contributed by atoms with Gasteiger partial charge in [-0.15, -0.1) is 11.3 Å². The fourth-order valence-electron chi connectivity index (χ4n) is 2.40. The van der Waals surface area contributed by atoms with Gasteiger partial charge in [0.2, 0.25) is 5.91 Å². The lowest BCUT2D eigenvalue weighted by atomic mass is 10.0. The highest BCUT2D eigenvalue weighted by molar-refractivity contribution is 7.09. The Hall–Kier alpha value is -1.72. The van der Waals surface area contributed by atoms with Crippen molar-refractivity contribution in [3.63, 3.8) is 0 Å². The summed E-state index contributed by atoms with van der Waals surface area (Å²) in [4.78, 5) is 16.5. The maximum atomic E-state index is 12.0. The molecule has 1 atom stereocenters. The van der Waals surface area contributed by atoms with Crippen LogP contribution >= 0.6 is 11.3 Å². The van der Waals surface area contributed by atoms with Gasteiger partial charge in [0.05, 0.1) is 17.1 Å². The van der Waals surface area contributed by atoms with Crippen molar-refractivity contribution in [3.8, 4) is 0 Å². The van der Waals surface area contributed by atoms with E-state index in [1.165, 1.54) is 5.56 Å². The third kappa shape index (κ3) is 6.12. The van der Waals surface area contributed by atoms with Crippen LogP contribution in [0.1, 0.15) is 36.0 Å². The second-order valence-electron chi connectivity index (χ2n) is 5.66. The third-order valence-corrected chi connectivity index (χ3v) is 4.74. The second-order valence-corrected chi connectivity index (χ2v) is 6.61. The van der Waals surface area contributed by atoms with Gasteiger partial charge in [-0.3, -0.25) is 4.79 Å². The number of amides is 1. The van der Waals surface area contributed by atoms with E-state index in [1.54, 1.807) is 11.3 Å². The lowest BCUT2D eigenvalue weighted by Crippen LogP contribution is -2.30. The molecule has 1 aromatic carbocycles. The number of nitrogens with zero attached hydrogens (tertiary/aromatic N) is 1. The summed E-state index contributed by atoms with van der Waals surface area (Å²) in [6.45, 7) is 2.86. The van der Waals surface area contributed by atoms with Gasteiger partial charge in [-0.2, -0.15) is 0 Å². The first-order chi connectivity index (χ1) is 11.2. The van der Waals surface area contributed by atoms with Crippen LogP contribution in [0.4, 0.5) is 0 Å². The quantitative estimate of drug-likeness (QED) is 0.742. The number of rotatable bonds is 9. The first-order valence-electron chi connectivity index (χ1n) is 8.06. The minimum Gasteiger partial charge on any atom is -0.396 e. The van der Waals surface area contributed by atoms with Gasteiger partial charge in [-0.05, 0) is 17.9 Å². The first kappa shape index (κ1) is 17.6. The Kier molecular flexibility index (Phi) is 7.23. The van der Waals surface area contributed by atoms with Gasteiger partial charge in [0, 0.05) is 25.0 Å². The number of hydrogen-bond donors (Lipinski definition) is 2. The number of carbonyl (C=O) groups is 1. The Labute approximate surface area is 141 Å². The normalized spacial score (nSPS) is 12.1. The summed E-state index contributed by atoms with van der Waals surface area (Å²) in [6.07, 6.45) is 2.82. The fraction of sp³-hybridized carbons (Fsp3) is 0.444. The molecule has 5 heteroatoms. The number of nitrogens with one attached hydrogen (secondary N) is 1. The molecule has 1 aromatic heterocycles. The number of aliphatic hydroxyl groups is 1. The molecule has 2 aromatic rings. The van der Waals surface area contributed by atoms with E-state index in [4.69, 9.17) is 5.11 Å². The van der Waals surface area contributed by atoms with Crippen LogP contribution in [-0.4, -0.2) is 29.1 Å². The van der Waals surface area contributed by atoms with Gasteiger partial charge in [0.15, 0.2) is 0 Å². The largest absolute Gasteiger partial charge is 0.396 e. The molecule has 0 aliphatic carbocycles. The van der Waals surface area contributed by atoms with Crippen LogP contribution in [0.3, 0.4) is 0 Å². The Morgan fingerprint density at radius 2 is 2.13 bits per heavy atom. The highest BCUT2D eigenvalue weighted by Gasteiger charge is 2.11. The Morgan fingerprint density at radius 3 is 2.83 bits per heavy atom. The SMILES string of the molecule is CC[C@@H](CCO)CNC(=O)Cc1csc(Cc2ccccc2)n1. The molecule has 0 bridgehead atoms. The number of carbonyl (C=O) groups excluding carboxylic acids is 1. The Balaban J connectivity index is 1.80. The molecule has 23 heavy (non-hydrogen) atoms. The molecule has 124 valence electrons. The molecule has 0 saturated carbocycles. The van der Waals surface area contributed by atoms with E-state index in [1.807, 2.05) is 23.6 Å². The molecular weight excluding hydrogens is 308 g/mol. The third-order valence-electron chi connectivity index (χ3n) is 3.84. The summed E-state index contributed by atoms with van der Waals surface area (Å²) in [5.74, 6) is 0.339. The molecule has 0 aliphatic heterocycles. The van der Waals surface area contributed by atoms with Gasteiger partial charge in [-0.25, -0.2) is 4.98 Å². The lowest BCUT2D eigenvalue weighted by molar-refractivity contribution is -0.120. The van der Waals surface area contributed by atoms with Crippen molar-refractivity contribution in [1.29, 1.82) is 0 Å². The molecule has 1 amide bonds. The van der Waals surface area contributed by atoms with Crippen molar-refractivity contribution in [3.05, 3.63) is 52.0 Å². The number of aromatic nitrogens is 1. The molecule has 2 N–H and O–H groups in total. The number of aliphatic hydroxyl groups excluding tert-OH is 1. The van der Waals surface area contributed by atoms with E-state index < -0.39 is 0 Å². The van der Waals surface area contributed by atoms with Crippen molar-refractivity contribution < 1.29 is 9.90 Å². The smallest absolute Gasteiger partial charge is 0.226 e. The van der Waals surface area contributed by atoms with Gasteiger partial charge < -0.3 is 10.4 Å². The molecule has 2 rings (SSSR count). The number of thiazole rings is 1. The zero-order chi connectivity index (χ0) is 16.5. The van der Waals surface area contributed by atoms with Crippen LogP contribution < -0.4 is 5.32 Å². The molecule has 0 aliphatic rings. The van der Waals surface area contributed by atoms with Crippen molar-refractivity contribution in [2.75, 3.05) is 13.2 Å². The average Bonchev–Trinajstić information content (AvgIpc) is 2.99. The van der Waals surface area contributed by atoms with Crippen LogP contribution in [-0.2, 0) is 17.6 Å². The van der Waals surface area contributed by atoms with Crippen LogP contribution in [0, 0.1) is 5.92 Å². The molecule has 0 saturated heterocycles. The van der Waals surface area contributed by atoms with Gasteiger partial charge in [0.1, 0.15) is 0 Å². The van der Waals surface area contributed by atoms with E-state index in [0.29, 0.717) is 18.9 Å². The van der Waals surface area contributed by atoms with Crippen molar-refractivity contribution in [2.24, 2.45) is 5.92 Å². The Morgan fingerprint density at radius 1 is 1.35 bits per heavy atom. The first-order valence-corrected chi connectivity index (χ1v) is 8.94. The summed E-state index contributed by atoms with van der Waals surface area (Å²) < 4.78 is 0. The van der Waals surface area contributed by atoms with Crippen LogP contribution in [0.5, 0.6) is 0 Å². The topological polar surface area (TPSA) is 62.2 Å². The lowest BCUT2D eigenvalue weighted by Gasteiger charge is -2.13. The van der Waals surface area contributed by atoms with E-state index in [0.717, 1.165) is 30.0 Å². The summed E-state index contributed by atoms with van der Waals surface area (Å²) >= 11 is 1.60. The van der Waals surface area contributed by atoms with Gasteiger partial charge in [0.25, 0.3) is 0 Å². The van der Waals surface area contributed by atoms with Crippen LogP contribution in [0.25, 0.3) is 0 Å². The molecule has 0 spiro atoms. The average molecular weight is 332 g/mol. The summed E-state index contributed by atoms with van der Waals surface area (Å²) in [7, 11) is 0. The number of hydrogen-bond acceptors (Lipinski definition) is 4. The highest BCUT2D eigenvalue weighted by atomic mass is 32.1. The molecule has 0 unspecified atom stereocenters. The van der Waals surface area contributed by atoms with Gasteiger partial charge in [-0.1, -0.05) is 43.7 Å². The standard InChI is InChI=1S/C18H24N2O2S/c1-2-14(8-9-21)12-19-17(22)11-16-13-23-18(20-16)10-15-6-4-3-5-7-15/h3-7,13-14,21H,2,8-12H2,1H3,(H,19,22)/t14-/m0/s1. The summed E-state index contributed by atoms with van der Waals surface area (Å²) in [6, 6.07) is 10.2. The van der Waals surface area contributed by atoms with Crippen molar-refractivity contribution >= 4 is 17.2 Å². The van der Waals surface area contributed by atoms with E-state index in [2.05, 4.69) is 29.4 Å². The van der Waals surface area contributed by atoms with E-state index >= 15 is 0 Å². The molecule has 0 fully saturated rings.